The summed E-state index contributed by atoms with van der Waals surface area (Å²) in [6.45, 7) is 0. The highest BCUT2D eigenvalue weighted by Gasteiger charge is 2.20. The van der Waals surface area contributed by atoms with Crippen LogP contribution in [0.4, 0.5) is 4.79 Å². The molecule has 0 radical (unpaired) electrons. The number of rotatable bonds is 2. The lowest BCUT2D eigenvalue weighted by Gasteiger charge is -2.27. The van der Waals surface area contributed by atoms with Gasteiger partial charge in [-0.25, -0.2) is 4.79 Å². The first kappa shape index (κ1) is 10.7. The van der Waals surface area contributed by atoms with Crippen LogP contribution >= 0.6 is 11.8 Å². The Kier molecular flexibility index (Phi) is 4.42. The number of thioether (sulfide) groups is 1. The summed E-state index contributed by atoms with van der Waals surface area (Å²) in [7, 11) is 1.66. The van der Waals surface area contributed by atoms with Gasteiger partial charge in [0.2, 0.25) is 0 Å². The number of hydrogen-bond acceptors (Lipinski definition) is 2. The monoisotopic (exact) mass is 202 g/mol. The molecule has 0 bridgehead atoms. The van der Waals surface area contributed by atoms with Crippen molar-refractivity contribution in [1.29, 1.82) is 0 Å². The lowest BCUT2D eigenvalue weighted by molar-refractivity contribution is 0.235. The van der Waals surface area contributed by atoms with E-state index in [1.807, 2.05) is 11.8 Å². The van der Waals surface area contributed by atoms with Gasteiger partial charge in [-0.05, 0) is 31.9 Å². The summed E-state index contributed by atoms with van der Waals surface area (Å²) in [6, 6.07) is 0.343. The molecule has 0 aromatic heterocycles. The summed E-state index contributed by atoms with van der Waals surface area (Å²) >= 11 is 1.94. The zero-order valence-corrected chi connectivity index (χ0v) is 9.12. The molecule has 1 aliphatic carbocycles. The van der Waals surface area contributed by atoms with Crippen LogP contribution < -0.4 is 10.6 Å². The van der Waals surface area contributed by atoms with Crippen molar-refractivity contribution in [3.63, 3.8) is 0 Å². The smallest absolute Gasteiger partial charge is 0.314 e. The molecule has 13 heavy (non-hydrogen) atoms. The van der Waals surface area contributed by atoms with Crippen molar-refractivity contribution in [2.24, 2.45) is 0 Å². The van der Waals surface area contributed by atoms with Crippen LogP contribution in [0.15, 0.2) is 0 Å². The van der Waals surface area contributed by atoms with E-state index in [0.717, 1.165) is 18.1 Å². The van der Waals surface area contributed by atoms with Gasteiger partial charge in [0, 0.05) is 18.3 Å². The minimum absolute atomic E-state index is 0.0485. The van der Waals surface area contributed by atoms with Gasteiger partial charge >= 0.3 is 6.03 Å². The van der Waals surface area contributed by atoms with Gasteiger partial charge in [-0.3, -0.25) is 0 Å². The fourth-order valence-corrected chi connectivity index (χ4v) is 2.44. The second kappa shape index (κ2) is 5.37. The number of carbonyl (C=O) groups is 1. The van der Waals surface area contributed by atoms with E-state index in [0.29, 0.717) is 6.04 Å². The fraction of sp³-hybridized carbons (Fsp3) is 0.889. The van der Waals surface area contributed by atoms with Gasteiger partial charge in [-0.2, -0.15) is 11.8 Å². The van der Waals surface area contributed by atoms with Crippen LogP contribution in [-0.2, 0) is 0 Å². The maximum Gasteiger partial charge on any atom is 0.314 e. The molecule has 2 amide bonds. The molecule has 0 aromatic rings. The first-order valence-electron chi connectivity index (χ1n) is 4.77. The second-order valence-electron chi connectivity index (χ2n) is 3.43. The number of carbonyl (C=O) groups excluding carboxylic acids is 1. The van der Waals surface area contributed by atoms with Crippen LogP contribution in [0.1, 0.15) is 25.7 Å². The highest BCUT2D eigenvalue weighted by molar-refractivity contribution is 7.99. The summed E-state index contributed by atoms with van der Waals surface area (Å²) < 4.78 is 0. The Morgan fingerprint density at radius 1 is 1.31 bits per heavy atom. The number of hydrogen-bond donors (Lipinski definition) is 2. The molecule has 1 rings (SSSR count). The Bertz CT molecular complexity index is 167. The quantitative estimate of drug-likeness (QED) is 0.714. The van der Waals surface area contributed by atoms with E-state index in [2.05, 4.69) is 16.9 Å². The molecule has 0 spiro atoms. The number of nitrogens with one attached hydrogen (secondary N) is 2. The Labute approximate surface area is 84.0 Å². The van der Waals surface area contributed by atoms with Crippen LogP contribution in [0.5, 0.6) is 0 Å². The molecule has 0 atom stereocenters. The van der Waals surface area contributed by atoms with Crippen molar-refractivity contribution >= 4 is 17.8 Å². The molecular weight excluding hydrogens is 184 g/mol. The van der Waals surface area contributed by atoms with Gasteiger partial charge in [0.15, 0.2) is 0 Å². The van der Waals surface area contributed by atoms with Crippen LogP contribution in [0.2, 0.25) is 0 Å². The molecule has 1 aliphatic rings. The fourth-order valence-electron chi connectivity index (χ4n) is 1.70. The van der Waals surface area contributed by atoms with Crippen molar-refractivity contribution in [1.82, 2.24) is 10.6 Å². The predicted molar refractivity (Wildman–Crippen MR) is 57.2 cm³/mol. The van der Waals surface area contributed by atoms with Gasteiger partial charge in [-0.1, -0.05) is 0 Å². The molecule has 0 unspecified atom stereocenters. The third-order valence-corrected chi connectivity index (χ3v) is 3.71. The summed E-state index contributed by atoms with van der Waals surface area (Å²) in [4.78, 5) is 11.0. The van der Waals surface area contributed by atoms with E-state index in [1.54, 1.807) is 7.05 Å². The molecule has 1 saturated carbocycles. The maximum absolute atomic E-state index is 11.0. The topological polar surface area (TPSA) is 41.1 Å². The molecule has 2 N–H and O–H groups in total. The number of urea groups is 1. The first-order chi connectivity index (χ1) is 6.26. The molecule has 76 valence electrons. The summed E-state index contributed by atoms with van der Waals surface area (Å²) in [5.41, 5.74) is 0. The Hall–Kier alpha value is -0.380. The third kappa shape index (κ3) is 3.46. The predicted octanol–water partition coefficient (Wildman–Crippen LogP) is 1.59. The van der Waals surface area contributed by atoms with Gasteiger partial charge in [0.1, 0.15) is 0 Å². The van der Waals surface area contributed by atoms with Crippen molar-refractivity contribution in [3.05, 3.63) is 0 Å². The van der Waals surface area contributed by atoms with Crippen LogP contribution in [0.3, 0.4) is 0 Å². The molecule has 4 heteroatoms. The average molecular weight is 202 g/mol. The summed E-state index contributed by atoms with van der Waals surface area (Å²) in [6.07, 6.45) is 6.88. The van der Waals surface area contributed by atoms with E-state index >= 15 is 0 Å². The Morgan fingerprint density at radius 2 is 1.92 bits per heavy atom. The van der Waals surface area contributed by atoms with Gasteiger partial charge in [0.25, 0.3) is 0 Å². The first-order valence-corrected chi connectivity index (χ1v) is 6.06. The molecule has 0 saturated heterocycles. The van der Waals surface area contributed by atoms with E-state index < -0.39 is 0 Å². The van der Waals surface area contributed by atoms with E-state index in [1.165, 1.54) is 12.8 Å². The van der Waals surface area contributed by atoms with Gasteiger partial charge < -0.3 is 10.6 Å². The van der Waals surface area contributed by atoms with E-state index in [9.17, 15) is 4.79 Å². The van der Waals surface area contributed by atoms with Crippen LogP contribution in [0, 0.1) is 0 Å². The zero-order valence-electron chi connectivity index (χ0n) is 8.30. The van der Waals surface area contributed by atoms with Gasteiger partial charge in [-0.15, -0.1) is 0 Å². The highest BCUT2D eigenvalue weighted by atomic mass is 32.2. The SMILES string of the molecule is CNC(=O)NC1CCC(SC)CC1. The molecule has 1 fully saturated rings. The zero-order chi connectivity index (χ0) is 9.68. The molecule has 3 nitrogen and oxygen atoms in total. The van der Waals surface area contributed by atoms with Crippen LogP contribution in [-0.4, -0.2) is 30.6 Å². The molecule has 0 aliphatic heterocycles. The highest BCUT2D eigenvalue weighted by Crippen LogP contribution is 2.26. The van der Waals surface area contributed by atoms with E-state index in [-0.39, 0.29) is 6.03 Å². The lowest BCUT2D eigenvalue weighted by Crippen LogP contribution is -2.42. The molecule has 0 aromatic carbocycles. The summed E-state index contributed by atoms with van der Waals surface area (Å²) in [5.74, 6) is 0. The van der Waals surface area contributed by atoms with Crippen molar-refractivity contribution in [3.8, 4) is 0 Å². The third-order valence-electron chi connectivity index (χ3n) is 2.57. The maximum atomic E-state index is 11.0. The summed E-state index contributed by atoms with van der Waals surface area (Å²) in [5, 5.41) is 6.34. The second-order valence-corrected chi connectivity index (χ2v) is 4.57. The lowest BCUT2D eigenvalue weighted by atomic mass is 9.95. The van der Waals surface area contributed by atoms with Crippen molar-refractivity contribution in [2.45, 2.75) is 37.0 Å². The van der Waals surface area contributed by atoms with Gasteiger partial charge in [0.05, 0.1) is 0 Å². The standard InChI is InChI=1S/C9H18N2OS/c1-10-9(12)11-7-3-5-8(13-2)6-4-7/h7-8H,3-6H2,1-2H3,(H2,10,11,12). The number of amides is 2. The van der Waals surface area contributed by atoms with Crippen molar-refractivity contribution < 1.29 is 4.79 Å². The molecule has 0 heterocycles. The van der Waals surface area contributed by atoms with E-state index in [4.69, 9.17) is 0 Å². The minimum Gasteiger partial charge on any atom is -0.341 e. The minimum atomic E-state index is -0.0485. The Balaban J connectivity index is 2.21. The van der Waals surface area contributed by atoms with Crippen LogP contribution in [0.25, 0.3) is 0 Å². The largest absolute Gasteiger partial charge is 0.341 e. The average Bonchev–Trinajstić information content (AvgIpc) is 2.19. The van der Waals surface area contributed by atoms with Crippen molar-refractivity contribution in [2.75, 3.05) is 13.3 Å². The normalized spacial score (nSPS) is 28.2. The Morgan fingerprint density at radius 3 is 2.38 bits per heavy atom. The molecular formula is C9H18N2OS.